The van der Waals surface area contributed by atoms with E-state index in [2.05, 4.69) is 4.52 Å². The largest absolute Gasteiger partial charge is 0.772 e. The first kappa shape index (κ1) is 8.17. The van der Waals surface area contributed by atoms with Gasteiger partial charge in [0.1, 0.15) is 0 Å². The van der Waals surface area contributed by atoms with Gasteiger partial charge in [0.25, 0.3) is 0 Å². The topological polar surface area (TPSA) is 66.4 Å². The van der Waals surface area contributed by atoms with E-state index in [4.69, 9.17) is 0 Å². The van der Waals surface area contributed by atoms with Crippen LogP contribution in [0.25, 0.3) is 0 Å². The lowest BCUT2D eigenvalue weighted by Gasteiger charge is -1.99. The minimum atomic E-state index is -2.09. The van der Waals surface area contributed by atoms with Crippen molar-refractivity contribution < 1.29 is 17.9 Å². The van der Waals surface area contributed by atoms with Crippen molar-refractivity contribution >= 4 is 19.8 Å². The fourth-order valence-electron chi connectivity index (χ4n) is 0.143. The van der Waals surface area contributed by atoms with Gasteiger partial charge >= 0.3 is 8.69 Å². The van der Waals surface area contributed by atoms with Crippen LogP contribution in [0.3, 0.4) is 0 Å². The van der Waals surface area contributed by atoms with E-state index in [1.165, 1.54) is 0 Å². The molecule has 48 valence electrons. The Balaban J connectivity index is 2.93. The van der Waals surface area contributed by atoms with E-state index >= 15 is 0 Å². The molecule has 0 heterocycles. The molecule has 0 aliphatic heterocycles. The predicted octanol–water partition coefficient (Wildman–Crippen LogP) is 0.0888. The molecule has 0 aliphatic rings. The van der Waals surface area contributed by atoms with Gasteiger partial charge in [-0.1, -0.05) is 11.1 Å². The van der Waals surface area contributed by atoms with Gasteiger partial charge < -0.3 is 4.55 Å². The van der Waals surface area contributed by atoms with Crippen molar-refractivity contribution in [1.29, 1.82) is 0 Å². The van der Waals surface area contributed by atoms with Gasteiger partial charge in [-0.3, -0.25) is 8.73 Å². The van der Waals surface area contributed by atoms with E-state index in [-0.39, 0.29) is 12.4 Å². The molecule has 0 fully saturated rings. The highest BCUT2D eigenvalue weighted by molar-refractivity contribution is 7.79. The first-order valence-corrected chi connectivity index (χ1v) is 3.75. The zero-order valence-electron chi connectivity index (χ0n) is 3.90. The van der Waals surface area contributed by atoms with Crippen LogP contribution in [0.5, 0.6) is 0 Å². The molecule has 0 radical (unpaired) electrons. The SMILES string of the molecule is O=POCCS(=O)[O-]. The van der Waals surface area contributed by atoms with E-state index < -0.39 is 19.8 Å². The monoisotopic (exact) mass is 155 g/mol. The molecule has 0 saturated heterocycles. The molecule has 0 spiro atoms. The lowest BCUT2D eigenvalue weighted by Crippen LogP contribution is -1.99. The standard InChI is InChI=1S/C2H5O4PS/c3-7-6-1-2-8(4)5/h1-2H2,(H,4,5)/p-1. The summed E-state index contributed by atoms with van der Waals surface area (Å²) < 4.78 is 33.0. The molecule has 0 aromatic carbocycles. The second kappa shape index (κ2) is 5.31. The lowest BCUT2D eigenvalue weighted by molar-refractivity contribution is 0.364. The highest BCUT2D eigenvalue weighted by Crippen LogP contribution is 1.92. The molecule has 8 heavy (non-hydrogen) atoms. The van der Waals surface area contributed by atoms with Gasteiger partial charge in [0.15, 0.2) is 0 Å². The van der Waals surface area contributed by atoms with Crippen molar-refractivity contribution in [1.82, 2.24) is 0 Å². The minimum Gasteiger partial charge on any atom is -0.772 e. The summed E-state index contributed by atoms with van der Waals surface area (Å²) in [6.07, 6.45) is 0. The molecule has 0 N–H and O–H groups in total. The van der Waals surface area contributed by atoms with Crippen LogP contribution < -0.4 is 0 Å². The maximum atomic E-state index is 9.69. The molecule has 0 amide bonds. The molecule has 0 aromatic rings. The highest BCUT2D eigenvalue weighted by Gasteiger charge is 1.83. The maximum Gasteiger partial charge on any atom is 0.327 e. The van der Waals surface area contributed by atoms with Crippen LogP contribution in [-0.4, -0.2) is 21.1 Å². The zero-order valence-corrected chi connectivity index (χ0v) is 5.61. The van der Waals surface area contributed by atoms with Crippen LogP contribution in [0, 0.1) is 0 Å². The van der Waals surface area contributed by atoms with E-state index in [0.717, 1.165) is 0 Å². The number of rotatable bonds is 4. The predicted molar refractivity (Wildman–Crippen MR) is 27.3 cm³/mol. The van der Waals surface area contributed by atoms with E-state index in [1.54, 1.807) is 0 Å². The summed E-state index contributed by atoms with van der Waals surface area (Å²) in [5, 5.41) is 0. The van der Waals surface area contributed by atoms with Gasteiger partial charge in [-0.2, -0.15) is 0 Å². The Labute approximate surface area is 50.8 Å². The quantitative estimate of drug-likeness (QED) is 0.327. The zero-order chi connectivity index (χ0) is 6.41. The Kier molecular flexibility index (Phi) is 5.42. The van der Waals surface area contributed by atoms with Crippen LogP contribution in [0.15, 0.2) is 0 Å². The smallest absolute Gasteiger partial charge is 0.327 e. The fraction of sp³-hybridized carbons (Fsp3) is 1.00. The number of hydrogen-bond acceptors (Lipinski definition) is 4. The molecule has 1 atom stereocenters. The third-order valence-electron chi connectivity index (χ3n) is 0.394. The summed E-state index contributed by atoms with van der Waals surface area (Å²) in [7, 11) is -0.473. The van der Waals surface area contributed by atoms with Gasteiger partial charge in [-0.05, 0) is 0 Å². The Bertz CT molecular complexity index is 94.0. The van der Waals surface area contributed by atoms with Crippen molar-refractivity contribution in [2.45, 2.75) is 0 Å². The third kappa shape index (κ3) is 6.17. The fourth-order valence-corrected chi connectivity index (χ4v) is 0.651. The second-order valence-corrected chi connectivity index (χ2v) is 2.34. The summed E-state index contributed by atoms with van der Waals surface area (Å²) >= 11 is -2.09. The van der Waals surface area contributed by atoms with Gasteiger partial charge in [0, 0.05) is 5.75 Å². The summed E-state index contributed by atoms with van der Waals surface area (Å²) in [5.41, 5.74) is 0. The van der Waals surface area contributed by atoms with Crippen LogP contribution in [0.1, 0.15) is 0 Å². The summed E-state index contributed by atoms with van der Waals surface area (Å²) in [4.78, 5) is 0. The van der Waals surface area contributed by atoms with E-state index in [9.17, 15) is 13.3 Å². The van der Waals surface area contributed by atoms with Gasteiger partial charge in [0.2, 0.25) is 0 Å². The van der Waals surface area contributed by atoms with Gasteiger partial charge in [-0.15, -0.1) is 0 Å². The van der Waals surface area contributed by atoms with Gasteiger partial charge in [-0.25, -0.2) is 4.57 Å². The normalized spacial score (nSPS) is 14.1. The van der Waals surface area contributed by atoms with Crippen LogP contribution >= 0.6 is 8.69 Å². The molecule has 0 bridgehead atoms. The van der Waals surface area contributed by atoms with Crippen molar-refractivity contribution in [2.75, 3.05) is 12.4 Å². The highest BCUT2D eigenvalue weighted by atomic mass is 32.2. The Morgan fingerprint density at radius 1 is 1.75 bits per heavy atom. The average Bonchev–Trinajstić information content (AvgIpc) is 1.66. The molecule has 6 heteroatoms. The molecule has 0 saturated carbocycles. The van der Waals surface area contributed by atoms with Crippen LogP contribution in [0.4, 0.5) is 0 Å². The Morgan fingerprint density at radius 2 is 2.38 bits per heavy atom. The van der Waals surface area contributed by atoms with Crippen molar-refractivity contribution in [3.63, 3.8) is 0 Å². The van der Waals surface area contributed by atoms with Gasteiger partial charge in [0.05, 0.1) is 6.61 Å². The van der Waals surface area contributed by atoms with Crippen molar-refractivity contribution in [3.05, 3.63) is 0 Å². The number of hydrogen-bond donors (Lipinski definition) is 0. The molecule has 0 rings (SSSR count). The van der Waals surface area contributed by atoms with Crippen LogP contribution in [-0.2, 0) is 20.2 Å². The average molecular weight is 155 g/mol. The first-order valence-electron chi connectivity index (χ1n) is 1.78. The summed E-state index contributed by atoms with van der Waals surface area (Å²) in [6, 6.07) is 0. The Morgan fingerprint density at radius 3 is 2.75 bits per heavy atom. The molecule has 0 aromatic heterocycles. The summed E-state index contributed by atoms with van der Waals surface area (Å²) in [5.74, 6) is -0.102. The molecule has 0 aliphatic carbocycles. The summed E-state index contributed by atoms with van der Waals surface area (Å²) in [6.45, 7) is -0.0127. The maximum absolute atomic E-state index is 9.69. The Hall–Kier alpha value is 0.170. The van der Waals surface area contributed by atoms with Crippen LogP contribution in [0.2, 0.25) is 0 Å². The molecular weight excluding hydrogens is 151 g/mol. The van der Waals surface area contributed by atoms with Crippen molar-refractivity contribution in [2.24, 2.45) is 0 Å². The second-order valence-electron chi connectivity index (χ2n) is 0.916. The first-order chi connectivity index (χ1) is 3.77. The molecule has 1 unspecified atom stereocenters. The minimum absolute atomic E-state index is 0.0127. The lowest BCUT2D eigenvalue weighted by atomic mass is 10.9. The van der Waals surface area contributed by atoms with E-state index in [1.807, 2.05) is 0 Å². The van der Waals surface area contributed by atoms with Crippen molar-refractivity contribution in [3.8, 4) is 0 Å². The molecule has 4 nitrogen and oxygen atoms in total. The third-order valence-corrected chi connectivity index (χ3v) is 1.18. The van der Waals surface area contributed by atoms with E-state index in [0.29, 0.717) is 0 Å². The molecular formula is C2H4O4PS-.